The summed E-state index contributed by atoms with van der Waals surface area (Å²) in [6.07, 6.45) is 1.55. The van der Waals surface area contributed by atoms with Crippen LogP contribution < -0.4 is 10.6 Å². The molecule has 3 rings (SSSR count). The van der Waals surface area contributed by atoms with Gasteiger partial charge in [-0.05, 0) is 37.3 Å². The van der Waals surface area contributed by atoms with Crippen LogP contribution in [0.2, 0.25) is 0 Å². The van der Waals surface area contributed by atoms with Crippen LogP contribution in [0.3, 0.4) is 0 Å². The molecule has 25 heavy (non-hydrogen) atoms. The van der Waals surface area contributed by atoms with Gasteiger partial charge in [0, 0.05) is 17.4 Å². The molecule has 6 nitrogen and oxygen atoms in total. The summed E-state index contributed by atoms with van der Waals surface area (Å²) in [5, 5.41) is 5.43. The van der Waals surface area contributed by atoms with E-state index in [0.29, 0.717) is 18.0 Å². The highest BCUT2D eigenvalue weighted by atomic mass is 19.2. The quantitative estimate of drug-likeness (QED) is 0.740. The van der Waals surface area contributed by atoms with Crippen molar-refractivity contribution in [3.63, 3.8) is 0 Å². The molecule has 0 aliphatic carbocycles. The zero-order valence-corrected chi connectivity index (χ0v) is 13.2. The van der Waals surface area contributed by atoms with Crippen molar-refractivity contribution in [3.05, 3.63) is 71.4 Å². The van der Waals surface area contributed by atoms with Crippen molar-refractivity contribution in [1.29, 1.82) is 0 Å². The first kappa shape index (κ1) is 16.6. The van der Waals surface area contributed by atoms with Crippen LogP contribution in [0.1, 0.15) is 21.9 Å². The Labute approximate surface area is 141 Å². The standard InChI is InChI=1S/C17H14F2N4O2/c1-10-7-15(16(24)22-11-4-5-13(18)14(19)8-11)23-17(21-10)20-9-12-3-2-6-25-12/h2-8H,9H2,1H3,(H,22,24)(H,20,21,23). The van der Waals surface area contributed by atoms with Crippen molar-refractivity contribution in [3.8, 4) is 0 Å². The zero-order chi connectivity index (χ0) is 17.8. The minimum atomic E-state index is -1.04. The minimum absolute atomic E-state index is 0.0965. The van der Waals surface area contributed by atoms with Gasteiger partial charge in [0.1, 0.15) is 11.5 Å². The van der Waals surface area contributed by atoms with Crippen molar-refractivity contribution < 1.29 is 18.0 Å². The van der Waals surface area contributed by atoms with Crippen LogP contribution in [-0.4, -0.2) is 15.9 Å². The van der Waals surface area contributed by atoms with Crippen LogP contribution in [0.5, 0.6) is 0 Å². The van der Waals surface area contributed by atoms with E-state index >= 15 is 0 Å². The number of hydrogen-bond acceptors (Lipinski definition) is 5. The fraction of sp³-hybridized carbons (Fsp3) is 0.118. The molecule has 0 bridgehead atoms. The number of carbonyl (C=O) groups is 1. The molecular formula is C17H14F2N4O2. The number of anilines is 2. The maximum absolute atomic E-state index is 13.2. The summed E-state index contributed by atoms with van der Waals surface area (Å²) in [6, 6.07) is 8.14. The van der Waals surface area contributed by atoms with Crippen LogP contribution in [-0.2, 0) is 6.54 Å². The molecule has 2 aromatic heterocycles. The zero-order valence-electron chi connectivity index (χ0n) is 13.2. The van der Waals surface area contributed by atoms with Crippen LogP contribution in [0.25, 0.3) is 0 Å². The van der Waals surface area contributed by atoms with E-state index in [-0.39, 0.29) is 17.3 Å². The summed E-state index contributed by atoms with van der Waals surface area (Å²) < 4.78 is 31.4. The van der Waals surface area contributed by atoms with Crippen molar-refractivity contribution in [2.45, 2.75) is 13.5 Å². The van der Waals surface area contributed by atoms with Gasteiger partial charge in [-0.2, -0.15) is 0 Å². The first-order valence-electron chi connectivity index (χ1n) is 7.39. The number of benzene rings is 1. The molecule has 128 valence electrons. The summed E-state index contributed by atoms with van der Waals surface area (Å²) in [5.74, 6) is -1.64. The number of nitrogens with one attached hydrogen (secondary N) is 2. The molecule has 1 amide bonds. The fourth-order valence-electron chi connectivity index (χ4n) is 2.11. The van der Waals surface area contributed by atoms with Gasteiger partial charge in [-0.25, -0.2) is 18.7 Å². The van der Waals surface area contributed by atoms with Crippen LogP contribution in [0.15, 0.2) is 47.1 Å². The van der Waals surface area contributed by atoms with E-state index in [4.69, 9.17) is 4.42 Å². The van der Waals surface area contributed by atoms with E-state index in [0.717, 1.165) is 12.1 Å². The van der Waals surface area contributed by atoms with Crippen molar-refractivity contribution in [2.75, 3.05) is 10.6 Å². The Bertz CT molecular complexity index is 898. The molecule has 0 radical (unpaired) electrons. The Morgan fingerprint density at radius 2 is 2.00 bits per heavy atom. The molecule has 0 unspecified atom stereocenters. The van der Waals surface area contributed by atoms with Gasteiger partial charge in [-0.1, -0.05) is 0 Å². The van der Waals surface area contributed by atoms with Gasteiger partial charge in [-0.15, -0.1) is 0 Å². The predicted octanol–water partition coefficient (Wildman–Crippen LogP) is 3.52. The molecular weight excluding hydrogens is 330 g/mol. The fourth-order valence-corrected chi connectivity index (χ4v) is 2.11. The van der Waals surface area contributed by atoms with E-state index in [1.165, 1.54) is 12.1 Å². The van der Waals surface area contributed by atoms with Gasteiger partial charge in [0.2, 0.25) is 5.95 Å². The molecule has 0 atom stereocenters. The predicted molar refractivity (Wildman–Crippen MR) is 87.1 cm³/mol. The second-order valence-electron chi connectivity index (χ2n) is 5.23. The lowest BCUT2D eigenvalue weighted by Crippen LogP contribution is -2.16. The number of nitrogens with zero attached hydrogens (tertiary/aromatic N) is 2. The van der Waals surface area contributed by atoms with Crippen molar-refractivity contribution in [2.24, 2.45) is 0 Å². The average Bonchev–Trinajstić information content (AvgIpc) is 3.09. The Morgan fingerprint density at radius 3 is 2.72 bits per heavy atom. The Kier molecular flexibility index (Phi) is 4.69. The highest BCUT2D eigenvalue weighted by Gasteiger charge is 2.12. The third kappa shape index (κ3) is 4.17. The molecule has 0 aliphatic heterocycles. The maximum Gasteiger partial charge on any atom is 0.274 e. The lowest BCUT2D eigenvalue weighted by Gasteiger charge is -2.08. The van der Waals surface area contributed by atoms with E-state index < -0.39 is 17.5 Å². The summed E-state index contributed by atoms with van der Waals surface area (Å²) in [5.41, 5.74) is 0.803. The summed E-state index contributed by atoms with van der Waals surface area (Å²) in [7, 11) is 0. The molecule has 2 N–H and O–H groups in total. The van der Waals surface area contributed by atoms with Crippen molar-refractivity contribution in [1.82, 2.24) is 9.97 Å². The van der Waals surface area contributed by atoms with Gasteiger partial charge in [0.05, 0.1) is 12.8 Å². The smallest absolute Gasteiger partial charge is 0.274 e. The second kappa shape index (κ2) is 7.08. The summed E-state index contributed by atoms with van der Waals surface area (Å²) >= 11 is 0. The number of hydrogen-bond donors (Lipinski definition) is 2. The number of amides is 1. The molecule has 0 fully saturated rings. The third-order valence-corrected chi connectivity index (χ3v) is 3.27. The van der Waals surface area contributed by atoms with Crippen LogP contribution in [0.4, 0.5) is 20.4 Å². The van der Waals surface area contributed by atoms with Gasteiger partial charge >= 0.3 is 0 Å². The lowest BCUT2D eigenvalue weighted by atomic mass is 10.2. The summed E-state index contributed by atoms with van der Waals surface area (Å²) in [6.45, 7) is 2.08. The number of carbonyl (C=O) groups excluding carboxylic acids is 1. The number of halogens is 2. The topological polar surface area (TPSA) is 80.0 Å². The second-order valence-corrected chi connectivity index (χ2v) is 5.23. The number of furan rings is 1. The largest absolute Gasteiger partial charge is 0.467 e. The Hall–Kier alpha value is -3.29. The maximum atomic E-state index is 13.2. The molecule has 8 heteroatoms. The molecule has 0 saturated heterocycles. The lowest BCUT2D eigenvalue weighted by molar-refractivity contribution is 0.102. The molecule has 0 spiro atoms. The number of aryl methyl sites for hydroxylation is 1. The average molecular weight is 344 g/mol. The van der Waals surface area contributed by atoms with Crippen molar-refractivity contribution >= 4 is 17.5 Å². The van der Waals surface area contributed by atoms with E-state index in [9.17, 15) is 13.6 Å². The first-order valence-corrected chi connectivity index (χ1v) is 7.39. The highest BCUT2D eigenvalue weighted by molar-refractivity contribution is 6.03. The Morgan fingerprint density at radius 1 is 1.16 bits per heavy atom. The van der Waals surface area contributed by atoms with E-state index in [2.05, 4.69) is 20.6 Å². The Balaban J connectivity index is 1.74. The minimum Gasteiger partial charge on any atom is -0.467 e. The molecule has 0 saturated carbocycles. The van der Waals surface area contributed by atoms with Gasteiger partial charge < -0.3 is 15.1 Å². The van der Waals surface area contributed by atoms with Crippen LogP contribution in [0, 0.1) is 18.6 Å². The van der Waals surface area contributed by atoms with E-state index in [1.807, 2.05) is 0 Å². The number of aromatic nitrogens is 2. The normalized spacial score (nSPS) is 10.5. The van der Waals surface area contributed by atoms with Gasteiger partial charge in [-0.3, -0.25) is 4.79 Å². The monoisotopic (exact) mass is 344 g/mol. The van der Waals surface area contributed by atoms with Gasteiger partial charge in [0.25, 0.3) is 5.91 Å². The molecule has 0 aliphatic rings. The molecule has 3 aromatic rings. The van der Waals surface area contributed by atoms with Gasteiger partial charge in [0.15, 0.2) is 11.6 Å². The van der Waals surface area contributed by atoms with E-state index in [1.54, 1.807) is 25.3 Å². The number of rotatable bonds is 5. The first-order chi connectivity index (χ1) is 12.0. The van der Waals surface area contributed by atoms with Crippen LogP contribution >= 0.6 is 0 Å². The SMILES string of the molecule is Cc1cc(C(=O)Nc2ccc(F)c(F)c2)nc(NCc2ccco2)n1. The third-order valence-electron chi connectivity index (χ3n) is 3.27. The molecule has 1 aromatic carbocycles. The summed E-state index contributed by atoms with van der Waals surface area (Å²) in [4.78, 5) is 20.6. The highest BCUT2D eigenvalue weighted by Crippen LogP contribution is 2.15. The molecule has 2 heterocycles.